The van der Waals surface area contributed by atoms with Crippen molar-refractivity contribution in [3.63, 3.8) is 0 Å². The SMILES string of the molecule is C/C(=N/OCc1ccc(-c2ccc(F)cc2)c(C(F)(F)F)c1)c1ccc(CNCCC(=O)O)cc1. The summed E-state index contributed by atoms with van der Waals surface area (Å²) in [5.41, 5.74) is 1.98. The Balaban J connectivity index is 1.64. The molecule has 0 radical (unpaired) electrons. The molecule has 35 heavy (non-hydrogen) atoms. The van der Waals surface area contributed by atoms with Crippen molar-refractivity contribution in [3.05, 3.63) is 94.8 Å². The summed E-state index contributed by atoms with van der Waals surface area (Å²) in [6, 6.07) is 16.1. The maximum atomic E-state index is 13.7. The third-order valence-electron chi connectivity index (χ3n) is 5.19. The standard InChI is InChI=1S/C26H24F4N2O3/c1-17(20-5-2-18(3-6-20)15-31-13-12-25(33)34)32-35-16-19-4-11-23(24(14-19)26(28,29)30)21-7-9-22(27)10-8-21/h2-11,14,31H,12-13,15-16H2,1H3,(H,33,34)/b32-17-. The Morgan fingerprint density at radius 3 is 2.29 bits per heavy atom. The highest BCUT2D eigenvalue weighted by molar-refractivity contribution is 5.98. The Kier molecular flexibility index (Phi) is 8.59. The van der Waals surface area contributed by atoms with Crippen LogP contribution in [-0.4, -0.2) is 23.3 Å². The lowest BCUT2D eigenvalue weighted by Gasteiger charge is -2.15. The van der Waals surface area contributed by atoms with E-state index in [0.717, 1.165) is 29.3 Å². The largest absolute Gasteiger partial charge is 0.481 e. The summed E-state index contributed by atoms with van der Waals surface area (Å²) >= 11 is 0. The molecule has 5 nitrogen and oxygen atoms in total. The summed E-state index contributed by atoms with van der Waals surface area (Å²) in [6.07, 6.45) is -4.55. The predicted octanol–water partition coefficient (Wildman–Crippen LogP) is 6.02. The summed E-state index contributed by atoms with van der Waals surface area (Å²) < 4.78 is 54.1. The van der Waals surface area contributed by atoms with E-state index in [1.54, 1.807) is 6.92 Å². The average molecular weight is 488 g/mol. The number of hydrogen-bond donors (Lipinski definition) is 2. The number of carboxylic acid groups (broad SMARTS) is 1. The Morgan fingerprint density at radius 2 is 1.66 bits per heavy atom. The van der Waals surface area contributed by atoms with E-state index in [4.69, 9.17) is 9.94 Å². The van der Waals surface area contributed by atoms with E-state index in [2.05, 4.69) is 10.5 Å². The summed E-state index contributed by atoms with van der Waals surface area (Å²) in [7, 11) is 0. The molecule has 184 valence electrons. The number of aliphatic carboxylic acids is 1. The number of benzene rings is 3. The number of carbonyl (C=O) groups is 1. The molecule has 3 rings (SSSR count). The Hall–Kier alpha value is -3.72. The second kappa shape index (κ2) is 11.6. The van der Waals surface area contributed by atoms with Crippen LogP contribution in [0.2, 0.25) is 0 Å². The Morgan fingerprint density at radius 1 is 1.00 bits per heavy atom. The number of oxime groups is 1. The molecule has 0 heterocycles. The first-order valence-electron chi connectivity index (χ1n) is 10.8. The number of halogens is 4. The summed E-state index contributed by atoms with van der Waals surface area (Å²) in [5.74, 6) is -1.39. The Labute approximate surface area is 200 Å². The fraction of sp³-hybridized carbons (Fsp3) is 0.231. The van der Waals surface area contributed by atoms with Crippen molar-refractivity contribution in [1.29, 1.82) is 0 Å². The van der Waals surface area contributed by atoms with Gasteiger partial charge in [0.1, 0.15) is 12.4 Å². The molecule has 0 spiro atoms. The number of nitrogens with one attached hydrogen (secondary N) is 1. The molecule has 9 heteroatoms. The average Bonchev–Trinajstić information content (AvgIpc) is 2.82. The number of carboxylic acids is 1. The van der Waals surface area contributed by atoms with Crippen molar-refractivity contribution in [2.75, 3.05) is 6.54 Å². The van der Waals surface area contributed by atoms with Crippen molar-refractivity contribution in [3.8, 4) is 11.1 Å². The van der Waals surface area contributed by atoms with Gasteiger partial charge in [-0.3, -0.25) is 4.79 Å². The first kappa shape index (κ1) is 25.9. The van der Waals surface area contributed by atoms with Crippen molar-refractivity contribution in [1.82, 2.24) is 5.32 Å². The third-order valence-corrected chi connectivity index (χ3v) is 5.19. The van der Waals surface area contributed by atoms with Crippen LogP contribution in [0.5, 0.6) is 0 Å². The lowest BCUT2D eigenvalue weighted by Crippen LogP contribution is -2.17. The third kappa shape index (κ3) is 7.65. The summed E-state index contributed by atoms with van der Waals surface area (Å²) in [6.45, 7) is 2.46. The predicted molar refractivity (Wildman–Crippen MR) is 124 cm³/mol. The molecular weight excluding hydrogens is 464 g/mol. The van der Waals surface area contributed by atoms with Crippen LogP contribution in [0.15, 0.2) is 71.9 Å². The zero-order chi connectivity index (χ0) is 25.4. The van der Waals surface area contributed by atoms with E-state index in [1.165, 1.54) is 24.3 Å². The minimum absolute atomic E-state index is 0.0423. The second-order valence-corrected chi connectivity index (χ2v) is 7.85. The van der Waals surface area contributed by atoms with Gasteiger partial charge in [-0.05, 0) is 52.9 Å². The first-order chi connectivity index (χ1) is 16.6. The van der Waals surface area contributed by atoms with Crippen LogP contribution < -0.4 is 5.32 Å². The van der Waals surface area contributed by atoms with Crippen LogP contribution in [0, 0.1) is 5.82 Å². The maximum absolute atomic E-state index is 13.7. The fourth-order valence-electron chi connectivity index (χ4n) is 3.35. The molecule has 0 aromatic heterocycles. The van der Waals surface area contributed by atoms with Crippen molar-refractivity contribution in [2.24, 2.45) is 5.16 Å². The number of rotatable bonds is 10. The van der Waals surface area contributed by atoms with Gasteiger partial charge < -0.3 is 15.3 Å². The van der Waals surface area contributed by atoms with Crippen LogP contribution in [0.3, 0.4) is 0 Å². The van der Waals surface area contributed by atoms with Gasteiger partial charge in [0.15, 0.2) is 0 Å². The van der Waals surface area contributed by atoms with Crippen LogP contribution in [0.25, 0.3) is 11.1 Å². The van der Waals surface area contributed by atoms with E-state index < -0.39 is 23.5 Å². The highest BCUT2D eigenvalue weighted by Crippen LogP contribution is 2.37. The van der Waals surface area contributed by atoms with E-state index in [0.29, 0.717) is 24.4 Å². The highest BCUT2D eigenvalue weighted by atomic mass is 19.4. The van der Waals surface area contributed by atoms with Gasteiger partial charge in [0, 0.05) is 13.1 Å². The van der Waals surface area contributed by atoms with Crippen molar-refractivity contribution >= 4 is 11.7 Å². The molecule has 3 aromatic carbocycles. The molecule has 0 aliphatic heterocycles. The van der Waals surface area contributed by atoms with Crippen LogP contribution >= 0.6 is 0 Å². The molecule has 0 bridgehead atoms. The minimum atomic E-state index is -4.59. The summed E-state index contributed by atoms with van der Waals surface area (Å²) in [5, 5.41) is 15.7. The molecule has 0 saturated carbocycles. The zero-order valence-corrected chi connectivity index (χ0v) is 18.9. The van der Waals surface area contributed by atoms with Gasteiger partial charge in [-0.1, -0.05) is 53.7 Å². The molecule has 2 N–H and O–H groups in total. The molecule has 0 aliphatic rings. The molecule has 0 fully saturated rings. The van der Waals surface area contributed by atoms with Gasteiger partial charge in [-0.2, -0.15) is 13.2 Å². The smallest absolute Gasteiger partial charge is 0.417 e. The van der Waals surface area contributed by atoms with E-state index in [-0.39, 0.29) is 24.2 Å². The number of alkyl halides is 3. The Bertz CT molecular complexity index is 1170. The van der Waals surface area contributed by atoms with E-state index in [1.807, 2.05) is 24.3 Å². The van der Waals surface area contributed by atoms with Crippen molar-refractivity contribution < 1.29 is 32.3 Å². The normalized spacial score (nSPS) is 12.0. The van der Waals surface area contributed by atoms with Gasteiger partial charge in [0.25, 0.3) is 0 Å². The van der Waals surface area contributed by atoms with Crippen molar-refractivity contribution in [2.45, 2.75) is 32.7 Å². The highest BCUT2D eigenvalue weighted by Gasteiger charge is 2.34. The van der Waals surface area contributed by atoms with Gasteiger partial charge in [0.05, 0.1) is 17.7 Å². The second-order valence-electron chi connectivity index (χ2n) is 7.85. The minimum Gasteiger partial charge on any atom is -0.481 e. The molecule has 0 unspecified atom stereocenters. The quantitative estimate of drug-likeness (QED) is 0.159. The van der Waals surface area contributed by atoms with Crippen LogP contribution in [0.4, 0.5) is 17.6 Å². The molecular formula is C26H24F4N2O3. The topological polar surface area (TPSA) is 70.9 Å². The number of hydrogen-bond acceptors (Lipinski definition) is 4. The monoisotopic (exact) mass is 488 g/mol. The summed E-state index contributed by atoms with van der Waals surface area (Å²) in [4.78, 5) is 15.8. The van der Waals surface area contributed by atoms with Gasteiger partial charge >= 0.3 is 12.1 Å². The zero-order valence-electron chi connectivity index (χ0n) is 18.9. The first-order valence-corrected chi connectivity index (χ1v) is 10.8. The lowest BCUT2D eigenvalue weighted by molar-refractivity contribution is -0.138. The van der Waals surface area contributed by atoms with Gasteiger partial charge in [-0.25, -0.2) is 4.39 Å². The van der Waals surface area contributed by atoms with Gasteiger partial charge in [-0.15, -0.1) is 0 Å². The molecule has 0 saturated heterocycles. The molecule has 0 amide bonds. The van der Waals surface area contributed by atoms with Gasteiger partial charge in [0.2, 0.25) is 0 Å². The lowest BCUT2D eigenvalue weighted by atomic mass is 9.97. The molecule has 3 aromatic rings. The van der Waals surface area contributed by atoms with Crippen LogP contribution in [0.1, 0.15) is 35.6 Å². The molecule has 0 aliphatic carbocycles. The van der Waals surface area contributed by atoms with E-state index in [9.17, 15) is 22.4 Å². The number of nitrogens with zero attached hydrogens (tertiary/aromatic N) is 1. The maximum Gasteiger partial charge on any atom is 0.417 e. The van der Waals surface area contributed by atoms with E-state index >= 15 is 0 Å². The fourth-order valence-corrected chi connectivity index (χ4v) is 3.35. The van der Waals surface area contributed by atoms with Crippen LogP contribution in [-0.2, 0) is 29.0 Å². The molecule has 0 atom stereocenters.